The first kappa shape index (κ1) is 68.7. The molecule has 0 aromatic heterocycles. The number of rotatable bonds is 17. The van der Waals surface area contributed by atoms with Crippen LogP contribution in [-0.4, -0.2) is 146 Å². The topological polar surface area (TPSA) is 374 Å². The van der Waals surface area contributed by atoms with Crippen LogP contribution in [0.2, 0.25) is 0 Å². The molecule has 5 rings (SSSR count). The SMILES string of the molecule is O=COC1CCC(C2CCC(C3CCC(C(=O)O)C(S(=O)(=O)[O-])C3)CC2)CC1S(=O)(=O)[O-].O=COC1CCC(OCCOC2CCC(C(=O)O)C(S(=O)(=O)[O-])C2)CC1S(=O)(=O)[O-].[K+].[K+].[Na+].[Na+]. The van der Waals surface area contributed by atoms with E-state index in [1.807, 2.05) is 0 Å². The van der Waals surface area contributed by atoms with Crippen LogP contribution >= 0.6 is 0 Å². The normalized spacial score (nSPS) is 34.0. The van der Waals surface area contributed by atoms with Crippen molar-refractivity contribution in [1.82, 2.24) is 0 Å². The van der Waals surface area contributed by atoms with Crippen LogP contribution < -0.4 is 162 Å². The van der Waals surface area contributed by atoms with Crippen molar-refractivity contribution in [2.24, 2.45) is 35.5 Å². The van der Waals surface area contributed by atoms with Gasteiger partial charge in [-0.05, 0) is 126 Å². The molecule has 5 fully saturated rings. The fourth-order valence-electron chi connectivity index (χ4n) is 10.4. The van der Waals surface area contributed by atoms with E-state index in [0.717, 1.165) is 25.7 Å². The van der Waals surface area contributed by atoms with Gasteiger partial charge < -0.3 is 47.4 Å². The summed E-state index contributed by atoms with van der Waals surface area (Å²) in [6.45, 7) is 0.311. The second-order valence-electron chi connectivity index (χ2n) is 17.0. The maximum absolute atomic E-state index is 11.7. The summed E-state index contributed by atoms with van der Waals surface area (Å²) in [5.74, 6) is -4.56. The Morgan fingerprint density at radius 1 is 0.455 bits per heavy atom. The summed E-state index contributed by atoms with van der Waals surface area (Å²) in [5.41, 5.74) is 0. The Morgan fingerprint density at radius 2 is 0.742 bits per heavy atom. The van der Waals surface area contributed by atoms with Gasteiger partial charge in [-0.25, -0.2) is 33.7 Å². The summed E-state index contributed by atoms with van der Waals surface area (Å²) in [6, 6.07) is 0. The smallest absolute Gasteiger partial charge is 0.748 e. The molecule has 0 spiro atoms. The molecule has 0 amide bonds. The maximum atomic E-state index is 11.7. The van der Waals surface area contributed by atoms with E-state index in [9.17, 15) is 76.2 Å². The third-order valence-electron chi connectivity index (χ3n) is 13.5. The van der Waals surface area contributed by atoms with E-state index >= 15 is 0 Å². The third kappa shape index (κ3) is 20.8. The molecular formula is C36H54K2Na2O22S4. The number of ether oxygens (including phenoxy) is 4. The average molecular weight is 1090 g/mol. The molecule has 2 N–H and O–H groups in total. The molecule has 66 heavy (non-hydrogen) atoms. The Bertz CT molecular complexity index is 2010. The zero-order chi connectivity index (χ0) is 46.2. The molecule has 5 aliphatic carbocycles. The van der Waals surface area contributed by atoms with Crippen LogP contribution in [0.15, 0.2) is 0 Å². The van der Waals surface area contributed by atoms with Gasteiger partial charge in [0.15, 0.2) is 0 Å². The van der Waals surface area contributed by atoms with Crippen LogP contribution in [-0.2, 0) is 78.6 Å². The van der Waals surface area contributed by atoms with Crippen LogP contribution in [0.3, 0.4) is 0 Å². The Balaban J connectivity index is 0.00000121. The summed E-state index contributed by atoms with van der Waals surface area (Å²) in [6.07, 6.45) is 2.48. The van der Waals surface area contributed by atoms with E-state index in [2.05, 4.69) is 4.74 Å². The molecule has 0 aromatic rings. The average Bonchev–Trinajstić information content (AvgIpc) is 3.19. The first-order valence-electron chi connectivity index (χ1n) is 20.5. The predicted octanol–water partition coefficient (Wildman–Crippen LogP) is -11.3. The number of carbonyl (C=O) groups excluding carboxylic acids is 2. The number of hydrogen-bond acceptors (Lipinski definition) is 20. The Morgan fingerprint density at radius 3 is 1.12 bits per heavy atom. The molecule has 0 aliphatic heterocycles. The third-order valence-corrected chi connectivity index (χ3v) is 18.5. The minimum absolute atomic E-state index is 0. The zero-order valence-corrected chi connectivity index (χ0v) is 51.2. The van der Waals surface area contributed by atoms with Crippen LogP contribution in [0.25, 0.3) is 0 Å². The molecule has 0 radical (unpaired) electrons. The predicted molar refractivity (Wildman–Crippen MR) is 205 cm³/mol. The molecule has 12 unspecified atom stereocenters. The van der Waals surface area contributed by atoms with E-state index in [0.29, 0.717) is 25.7 Å². The molecule has 358 valence electrons. The molecule has 5 aliphatic rings. The van der Waals surface area contributed by atoms with Gasteiger partial charge in [-0.3, -0.25) is 19.2 Å². The van der Waals surface area contributed by atoms with Crippen molar-refractivity contribution in [1.29, 1.82) is 0 Å². The van der Waals surface area contributed by atoms with Gasteiger partial charge in [0.25, 0.3) is 12.9 Å². The number of carboxylic acids is 2. The zero-order valence-electron chi connectivity index (χ0n) is 37.7. The quantitative estimate of drug-likeness (QED) is 0.0591. The van der Waals surface area contributed by atoms with E-state index in [-0.39, 0.29) is 263 Å². The fourth-order valence-corrected chi connectivity index (χ4v) is 14.7. The summed E-state index contributed by atoms with van der Waals surface area (Å²) < 4.78 is 159. The molecule has 0 saturated heterocycles. The number of carbonyl (C=O) groups is 4. The van der Waals surface area contributed by atoms with E-state index in [1.54, 1.807) is 0 Å². The molecular weight excluding hydrogens is 1040 g/mol. The minimum atomic E-state index is -4.80. The number of hydrogen-bond donors (Lipinski definition) is 2. The molecule has 0 bridgehead atoms. The first-order chi connectivity index (χ1) is 28.8. The second-order valence-corrected chi connectivity index (χ2v) is 23.4. The van der Waals surface area contributed by atoms with Crippen molar-refractivity contribution < 1.29 is 262 Å². The summed E-state index contributed by atoms with van der Waals surface area (Å²) in [5, 5.41) is 12.8. The monoisotopic (exact) mass is 1090 g/mol. The molecule has 0 aromatic carbocycles. The number of aliphatic carboxylic acids is 2. The van der Waals surface area contributed by atoms with Crippen molar-refractivity contribution in [2.75, 3.05) is 13.2 Å². The van der Waals surface area contributed by atoms with Crippen molar-refractivity contribution in [3.63, 3.8) is 0 Å². The van der Waals surface area contributed by atoms with E-state index < -0.39 is 110 Å². The van der Waals surface area contributed by atoms with Gasteiger partial charge in [-0.15, -0.1) is 0 Å². The molecule has 22 nitrogen and oxygen atoms in total. The summed E-state index contributed by atoms with van der Waals surface area (Å²) >= 11 is 0. The van der Waals surface area contributed by atoms with Gasteiger partial charge in [0.2, 0.25) is 0 Å². The molecule has 30 heteroatoms. The summed E-state index contributed by atoms with van der Waals surface area (Å²) in [4.78, 5) is 43.7. The molecule has 5 saturated carbocycles. The number of carboxylic acid groups (broad SMARTS) is 2. The standard InChI is InChI=1S/C20H32O10S2.C16H26O12S2.2K.2Na/c21-11-30-17-8-6-15(10-19(17)32(27,28)29)13-3-1-12(2-4-13)14-5-7-16(20(22)23)18(9-14)31(24,25)26;17-9-28-13-4-2-11(8-15(13)30(23,24)25)27-6-5-26-10-1-3-12(16(18)19)14(7-10)29(20,21)22;;;;/h11-19H,1-10H2,(H,22,23)(H,24,25,26)(H,27,28,29);9-15H,1-8H2,(H,18,19)(H,20,21,22)(H,23,24,25);;;;/q;;4*+1/p-4. The van der Waals surface area contributed by atoms with E-state index in [1.165, 1.54) is 0 Å². The second kappa shape index (κ2) is 30.9. The van der Waals surface area contributed by atoms with Gasteiger partial charge >= 0.3 is 174 Å². The van der Waals surface area contributed by atoms with Gasteiger partial charge in [-0.2, -0.15) is 0 Å². The minimum Gasteiger partial charge on any atom is -0.748 e. The Kier molecular flexibility index (Phi) is 32.2. The van der Waals surface area contributed by atoms with Crippen LogP contribution in [0.5, 0.6) is 0 Å². The Hall–Kier alpha value is 2.71. The van der Waals surface area contributed by atoms with Crippen LogP contribution in [0.1, 0.15) is 103 Å². The van der Waals surface area contributed by atoms with Gasteiger partial charge in [0, 0.05) is 0 Å². The van der Waals surface area contributed by atoms with Crippen molar-refractivity contribution >= 4 is 65.4 Å². The van der Waals surface area contributed by atoms with Gasteiger partial charge in [0.1, 0.15) is 32.4 Å². The fraction of sp³-hybridized carbons (Fsp3) is 0.889. The van der Waals surface area contributed by atoms with Crippen LogP contribution in [0, 0.1) is 35.5 Å². The maximum Gasteiger partial charge on any atom is 1.00 e. The van der Waals surface area contributed by atoms with E-state index in [4.69, 9.17) is 19.3 Å². The van der Waals surface area contributed by atoms with Crippen molar-refractivity contribution in [3.05, 3.63) is 0 Å². The van der Waals surface area contributed by atoms with Crippen molar-refractivity contribution in [3.8, 4) is 0 Å². The van der Waals surface area contributed by atoms with Gasteiger partial charge in [-0.1, -0.05) is 0 Å². The van der Waals surface area contributed by atoms with Crippen molar-refractivity contribution in [2.45, 2.75) is 148 Å². The first-order valence-corrected chi connectivity index (χ1v) is 26.4. The van der Waals surface area contributed by atoms with Crippen LogP contribution in [0.4, 0.5) is 0 Å². The molecule has 0 heterocycles. The molecule has 12 atom stereocenters. The largest absolute Gasteiger partial charge is 1.00 e. The Labute approximate surface area is 515 Å². The van der Waals surface area contributed by atoms with Gasteiger partial charge in [0.05, 0.1) is 78.5 Å². The summed E-state index contributed by atoms with van der Waals surface area (Å²) in [7, 11) is -18.8.